The van der Waals surface area contributed by atoms with Crippen molar-refractivity contribution in [2.45, 2.75) is 111 Å². The number of furan rings is 2. The Morgan fingerprint density at radius 2 is 0.811 bits per heavy atom. The van der Waals surface area contributed by atoms with E-state index in [1.54, 1.807) is 0 Å². The number of para-hydroxylation sites is 4. The predicted octanol–water partition coefficient (Wildman–Crippen LogP) is 20.4. The molecule has 1 aliphatic rings. The van der Waals surface area contributed by atoms with Crippen LogP contribution in [-0.2, 0) is 28.1 Å². The van der Waals surface area contributed by atoms with Gasteiger partial charge in [0.05, 0.1) is 11.0 Å². The van der Waals surface area contributed by atoms with Crippen molar-refractivity contribution in [1.29, 1.82) is 0 Å². The summed E-state index contributed by atoms with van der Waals surface area (Å²) in [5.74, 6) is 0. The van der Waals surface area contributed by atoms with E-state index in [2.05, 4.69) is 258 Å². The fourth-order valence-electron chi connectivity index (χ4n) is 10.7. The lowest BCUT2D eigenvalue weighted by Crippen LogP contribution is -2.11. The van der Waals surface area contributed by atoms with E-state index in [4.69, 9.17) is 8.83 Å². The average Bonchev–Trinajstić information content (AvgIpc) is 4.15. The summed E-state index contributed by atoms with van der Waals surface area (Å²) >= 11 is 0. The minimum atomic E-state index is 0.116. The number of rotatable bonds is 1. The Balaban J connectivity index is 0.000000114. The lowest BCUT2D eigenvalue weighted by atomic mass is 9.84. The number of benzene rings is 9. The monoisotopic (exact) mass is 970 g/mol. The van der Waals surface area contributed by atoms with Crippen LogP contribution in [0.15, 0.2) is 209 Å². The smallest absolute Gasteiger partial charge is 0.135 e. The molecular formula is C71H71NO2. The minimum Gasteiger partial charge on any atom is -0.456 e. The van der Waals surface area contributed by atoms with Gasteiger partial charge in [-0.15, -0.1) is 0 Å². The molecule has 1 aliphatic carbocycles. The predicted molar refractivity (Wildman–Crippen MR) is 318 cm³/mol. The number of hydrogen-bond donors (Lipinski definition) is 0. The first-order valence-electron chi connectivity index (χ1n) is 26.4. The number of nitrogens with zero attached hydrogens (tertiary/aromatic N) is 1. The third-order valence-electron chi connectivity index (χ3n) is 14.6. The molecule has 0 fully saturated rings. The SMILES string of the molecule is CC(C)(C)c1ccc2c(c1)Cc1ccccc1-2.CC(C)(C)c1ccc2oc3ccccc3c2c1.CC(C)(C)c1cccc2c1c1ccccc1n2-c1ccccc1.CC(C)(C)c1cccc2oc3ccccc3c12. The van der Waals surface area contributed by atoms with Crippen molar-refractivity contribution in [3.05, 3.63) is 234 Å². The molecule has 12 aromatic rings. The van der Waals surface area contributed by atoms with Crippen LogP contribution in [0.25, 0.3) is 82.5 Å². The number of hydrogen-bond acceptors (Lipinski definition) is 2. The van der Waals surface area contributed by atoms with Crippen molar-refractivity contribution >= 4 is 65.7 Å². The first-order valence-corrected chi connectivity index (χ1v) is 26.4. The lowest BCUT2D eigenvalue weighted by molar-refractivity contribution is 0.589. The van der Waals surface area contributed by atoms with E-state index < -0.39 is 0 Å². The van der Waals surface area contributed by atoms with Crippen LogP contribution in [0.5, 0.6) is 0 Å². The Morgan fingerprint density at radius 3 is 1.50 bits per heavy atom. The molecular weight excluding hydrogens is 899 g/mol. The second kappa shape index (κ2) is 19.3. The quantitative estimate of drug-likeness (QED) is 0.164. The summed E-state index contributed by atoms with van der Waals surface area (Å²) in [4.78, 5) is 0. The van der Waals surface area contributed by atoms with Gasteiger partial charge in [-0.3, -0.25) is 0 Å². The van der Waals surface area contributed by atoms with Gasteiger partial charge in [-0.1, -0.05) is 229 Å². The standard InChI is InChI=1S/C22H21N.C17H18.2C16H16O/c1-22(2,3)18-13-9-15-20-21(18)17-12-7-8-14-19(17)23(20)16-10-5-4-6-11-16;1-17(2,3)14-8-9-16-13(11-14)10-12-6-4-5-7-15(12)16;1-16(2,3)12-8-6-10-14-15(12)11-7-4-5-9-13(11)17-14;1-16(2,3)11-8-9-15-13(10-11)12-6-4-5-7-14(12)17-15/h4-15H,1-3H3;4-9,11H,10H2,1-3H3;2*4-10H,1-3H3. The Labute approximate surface area is 438 Å². The maximum atomic E-state index is 5.89. The summed E-state index contributed by atoms with van der Waals surface area (Å²) in [5, 5.41) is 7.60. The second-order valence-electron chi connectivity index (χ2n) is 24.2. The first kappa shape index (κ1) is 49.9. The average molecular weight is 970 g/mol. The maximum absolute atomic E-state index is 5.89. The van der Waals surface area contributed by atoms with E-state index >= 15 is 0 Å². The highest BCUT2D eigenvalue weighted by atomic mass is 16.3. The van der Waals surface area contributed by atoms with Gasteiger partial charge in [-0.05, 0) is 127 Å². The van der Waals surface area contributed by atoms with Crippen molar-refractivity contribution in [2.24, 2.45) is 0 Å². The van der Waals surface area contributed by atoms with E-state index in [0.29, 0.717) is 0 Å². The third-order valence-corrected chi connectivity index (χ3v) is 14.6. The van der Waals surface area contributed by atoms with E-state index in [1.165, 1.54) is 93.5 Å². The Morgan fingerprint density at radius 1 is 0.324 bits per heavy atom. The normalized spacial score (nSPS) is 12.5. The van der Waals surface area contributed by atoms with Crippen molar-refractivity contribution < 1.29 is 8.83 Å². The third kappa shape index (κ3) is 9.81. The molecule has 0 radical (unpaired) electrons. The molecule has 0 spiro atoms. The van der Waals surface area contributed by atoms with Gasteiger partial charge in [0.2, 0.25) is 0 Å². The van der Waals surface area contributed by atoms with Gasteiger partial charge in [-0.25, -0.2) is 0 Å². The Bertz CT molecular complexity index is 3960. The molecule has 0 saturated heterocycles. The van der Waals surface area contributed by atoms with E-state index in [1.807, 2.05) is 30.3 Å². The zero-order valence-corrected chi connectivity index (χ0v) is 45.5. The number of fused-ring (bicyclic) bond motifs is 12. The van der Waals surface area contributed by atoms with Crippen LogP contribution in [0, 0.1) is 0 Å². The maximum Gasteiger partial charge on any atom is 0.135 e. The van der Waals surface area contributed by atoms with Crippen LogP contribution < -0.4 is 0 Å². The zero-order chi connectivity index (χ0) is 52.2. The molecule has 74 heavy (non-hydrogen) atoms. The highest BCUT2D eigenvalue weighted by Gasteiger charge is 2.24. The molecule has 0 N–H and O–H groups in total. The van der Waals surface area contributed by atoms with Crippen molar-refractivity contribution in [3.63, 3.8) is 0 Å². The van der Waals surface area contributed by atoms with Crippen LogP contribution in [-0.4, -0.2) is 4.57 Å². The molecule has 13 rings (SSSR count). The van der Waals surface area contributed by atoms with Gasteiger partial charge in [0.1, 0.15) is 22.3 Å². The fourth-order valence-corrected chi connectivity index (χ4v) is 10.7. The van der Waals surface area contributed by atoms with Crippen molar-refractivity contribution in [3.8, 4) is 16.8 Å². The molecule has 0 amide bonds. The molecule has 372 valence electrons. The van der Waals surface area contributed by atoms with Crippen LogP contribution in [0.3, 0.4) is 0 Å². The highest BCUT2D eigenvalue weighted by Crippen LogP contribution is 2.41. The molecule has 3 aromatic heterocycles. The van der Waals surface area contributed by atoms with Crippen molar-refractivity contribution in [2.75, 3.05) is 0 Å². The van der Waals surface area contributed by atoms with Crippen LogP contribution >= 0.6 is 0 Å². The van der Waals surface area contributed by atoms with Crippen LogP contribution in [0.1, 0.15) is 116 Å². The van der Waals surface area contributed by atoms with Gasteiger partial charge in [0.15, 0.2) is 0 Å². The van der Waals surface area contributed by atoms with Gasteiger partial charge in [-0.2, -0.15) is 0 Å². The first-order chi connectivity index (χ1) is 35.3. The lowest BCUT2D eigenvalue weighted by Gasteiger charge is -2.20. The zero-order valence-electron chi connectivity index (χ0n) is 45.5. The van der Waals surface area contributed by atoms with E-state index in [0.717, 1.165) is 28.8 Å². The topological polar surface area (TPSA) is 31.2 Å². The summed E-state index contributed by atoms with van der Waals surface area (Å²) in [6.45, 7) is 27.1. The van der Waals surface area contributed by atoms with Crippen LogP contribution in [0.2, 0.25) is 0 Å². The van der Waals surface area contributed by atoms with Gasteiger partial charge >= 0.3 is 0 Å². The molecule has 3 heteroatoms. The molecule has 0 aliphatic heterocycles. The molecule has 0 atom stereocenters. The summed E-state index contributed by atoms with van der Waals surface area (Å²) in [7, 11) is 0. The molecule has 3 nitrogen and oxygen atoms in total. The molecule has 0 saturated carbocycles. The van der Waals surface area contributed by atoms with Crippen LogP contribution in [0.4, 0.5) is 0 Å². The van der Waals surface area contributed by atoms with Gasteiger partial charge in [0.25, 0.3) is 0 Å². The fraction of sp³-hybridized carbons (Fsp3) is 0.239. The van der Waals surface area contributed by atoms with E-state index in [-0.39, 0.29) is 21.7 Å². The van der Waals surface area contributed by atoms with Crippen molar-refractivity contribution in [1.82, 2.24) is 4.57 Å². The minimum absolute atomic E-state index is 0.116. The highest BCUT2D eigenvalue weighted by molar-refractivity contribution is 6.11. The number of aromatic nitrogens is 1. The summed E-state index contributed by atoms with van der Waals surface area (Å²) in [6, 6.07) is 71.0. The Hall–Kier alpha value is -7.62. The molecule has 0 bridgehead atoms. The molecule has 9 aromatic carbocycles. The summed E-state index contributed by atoms with van der Waals surface area (Å²) in [5.41, 5.74) is 19.6. The Kier molecular flexibility index (Phi) is 13.0. The largest absolute Gasteiger partial charge is 0.456 e. The van der Waals surface area contributed by atoms with Gasteiger partial charge < -0.3 is 13.4 Å². The molecule has 0 unspecified atom stereocenters. The van der Waals surface area contributed by atoms with Gasteiger partial charge in [0, 0.05) is 38.0 Å². The molecule has 3 heterocycles. The summed E-state index contributed by atoms with van der Waals surface area (Å²) in [6.07, 6.45) is 1.09. The van der Waals surface area contributed by atoms with E-state index in [9.17, 15) is 0 Å². The summed E-state index contributed by atoms with van der Waals surface area (Å²) < 4.78 is 14.1. The second-order valence-corrected chi connectivity index (χ2v) is 24.2.